The van der Waals surface area contributed by atoms with Gasteiger partial charge in [0.25, 0.3) is 0 Å². The van der Waals surface area contributed by atoms with Gasteiger partial charge in [-0.3, -0.25) is 0 Å². The van der Waals surface area contributed by atoms with Crippen molar-refractivity contribution in [1.29, 1.82) is 0 Å². The summed E-state index contributed by atoms with van der Waals surface area (Å²) in [5.41, 5.74) is 21.4. The zero-order valence-corrected chi connectivity index (χ0v) is 51.4. The van der Waals surface area contributed by atoms with Crippen LogP contribution in [0.1, 0.15) is 62.1 Å². The Kier molecular flexibility index (Phi) is 16.4. The second-order valence-corrected chi connectivity index (χ2v) is 24.7. The molecule has 0 saturated heterocycles. The van der Waals surface area contributed by atoms with Crippen LogP contribution in [-0.2, 0) is 32.1 Å². The predicted molar refractivity (Wildman–Crippen MR) is 394 cm³/mol. The Labute approximate surface area is 536 Å². The molecule has 0 radical (unpaired) electrons. The predicted octanol–water partition coefficient (Wildman–Crippen LogP) is 23.3. The van der Waals surface area contributed by atoms with Crippen LogP contribution >= 0.6 is 0 Å². The molecule has 436 valence electrons. The Morgan fingerprint density at radius 1 is 0.231 bits per heavy atom. The van der Waals surface area contributed by atoms with E-state index >= 15 is 0 Å². The highest BCUT2D eigenvalue weighted by Gasteiger charge is 2.29. The number of benzene rings is 10. The summed E-state index contributed by atoms with van der Waals surface area (Å²) in [6, 6.07) is 65.1. The van der Waals surface area contributed by atoms with E-state index < -0.39 is 0 Å². The first-order valence-corrected chi connectivity index (χ1v) is 32.6. The van der Waals surface area contributed by atoms with Gasteiger partial charge < -0.3 is 0 Å². The molecule has 0 nitrogen and oxygen atoms in total. The molecule has 2 atom stereocenters. The number of hydrogen-bond acceptors (Lipinski definition) is 0. The first-order valence-electron chi connectivity index (χ1n) is 32.6. The molecule has 21 rings (SSSR count). The Morgan fingerprint density at radius 2 is 0.505 bits per heavy atom. The second-order valence-electron chi connectivity index (χ2n) is 24.7. The van der Waals surface area contributed by atoms with Crippen LogP contribution in [0.25, 0.3) is 84.2 Å². The minimum Gasteiger partial charge on any atom is -0.0801 e. The summed E-state index contributed by atoms with van der Waals surface area (Å²) in [4.78, 5) is 0. The van der Waals surface area contributed by atoms with E-state index in [0.29, 0.717) is 17.8 Å². The van der Waals surface area contributed by atoms with Gasteiger partial charge in [-0.25, -0.2) is 0 Å². The van der Waals surface area contributed by atoms with Gasteiger partial charge in [-0.15, -0.1) is 0 Å². The summed E-state index contributed by atoms with van der Waals surface area (Å²) in [6.07, 6.45) is 66.4. The van der Waals surface area contributed by atoms with E-state index in [4.69, 9.17) is 0 Å². The van der Waals surface area contributed by atoms with Crippen molar-refractivity contribution in [3.05, 3.63) is 399 Å². The summed E-state index contributed by atoms with van der Waals surface area (Å²) in [6.45, 7) is 0. The minimum atomic E-state index is 0.514. The molecule has 0 spiro atoms. The first-order chi connectivity index (χ1) is 45.1. The molecule has 0 amide bonds. The fraction of sp³-hybridized carbons (Fsp3) is 0.0989. The van der Waals surface area contributed by atoms with E-state index in [-0.39, 0.29) is 0 Å². The van der Waals surface area contributed by atoms with Crippen molar-refractivity contribution in [1.82, 2.24) is 0 Å². The minimum absolute atomic E-state index is 0.514. The molecule has 0 bridgehead atoms. The largest absolute Gasteiger partial charge is 0.0801 e. The smallest absolute Gasteiger partial charge is 0.0339 e. The van der Waals surface area contributed by atoms with Crippen LogP contribution in [0.4, 0.5) is 0 Å². The van der Waals surface area contributed by atoms with Crippen molar-refractivity contribution in [3.63, 3.8) is 0 Å². The van der Waals surface area contributed by atoms with Crippen molar-refractivity contribution in [2.24, 2.45) is 17.8 Å². The maximum absolute atomic E-state index is 2.30. The Morgan fingerprint density at radius 3 is 0.824 bits per heavy atom. The van der Waals surface area contributed by atoms with Gasteiger partial charge in [0.15, 0.2) is 0 Å². The first kappa shape index (κ1) is 56.8. The average molecular weight is 1170 g/mol. The van der Waals surface area contributed by atoms with Gasteiger partial charge in [-0.2, -0.15) is 0 Å². The highest BCUT2D eigenvalue weighted by molar-refractivity contribution is 5.98. The van der Waals surface area contributed by atoms with Crippen LogP contribution in [-0.4, -0.2) is 0 Å². The molecule has 10 aromatic carbocycles. The summed E-state index contributed by atoms with van der Waals surface area (Å²) < 4.78 is 0. The molecule has 0 fully saturated rings. The lowest BCUT2D eigenvalue weighted by Crippen LogP contribution is -2.21. The molecule has 0 saturated carbocycles. The van der Waals surface area contributed by atoms with Crippen LogP contribution in [0, 0.1) is 17.8 Å². The second kappa shape index (κ2) is 26.2. The van der Waals surface area contributed by atoms with Crippen LogP contribution in [0.3, 0.4) is 0 Å². The highest BCUT2D eigenvalue weighted by atomic mass is 14.3. The normalized spacial score (nSPS) is 17.9. The number of hydrogen-bond donors (Lipinski definition) is 0. The molecule has 0 aliphatic heterocycles. The van der Waals surface area contributed by atoms with Crippen LogP contribution in [0.15, 0.2) is 344 Å². The zero-order chi connectivity index (χ0) is 60.7. The van der Waals surface area contributed by atoms with E-state index in [9.17, 15) is 0 Å². The molecule has 0 aromatic heterocycles. The van der Waals surface area contributed by atoms with Gasteiger partial charge in [0.2, 0.25) is 0 Å². The lowest BCUT2D eigenvalue weighted by Gasteiger charge is -2.33. The van der Waals surface area contributed by atoms with Gasteiger partial charge in [-0.05, 0) is 170 Å². The summed E-state index contributed by atoms with van der Waals surface area (Å²) in [5, 5.41) is 14.0. The monoisotopic (exact) mass is 1160 g/mol. The molecule has 11 aliphatic carbocycles. The molecule has 2 unspecified atom stereocenters. The fourth-order valence-electron chi connectivity index (χ4n) is 15.0. The van der Waals surface area contributed by atoms with Gasteiger partial charge in [0.05, 0.1) is 0 Å². The maximum atomic E-state index is 2.30. The van der Waals surface area contributed by atoms with Gasteiger partial charge in [0.1, 0.15) is 0 Å². The fourth-order valence-corrected chi connectivity index (χ4v) is 15.0. The number of rotatable bonds is 0. The molecule has 0 heteroatoms. The lowest BCUT2D eigenvalue weighted by molar-refractivity contribution is 0.582. The highest BCUT2D eigenvalue weighted by Crippen LogP contribution is 2.42. The van der Waals surface area contributed by atoms with Gasteiger partial charge in [0, 0.05) is 17.8 Å². The van der Waals surface area contributed by atoms with Crippen molar-refractivity contribution in [3.8, 4) is 0 Å². The van der Waals surface area contributed by atoms with Crippen molar-refractivity contribution < 1.29 is 0 Å². The Balaban J connectivity index is 0.0000000883. The van der Waals surface area contributed by atoms with E-state index in [0.717, 1.165) is 38.5 Å². The van der Waals surface area contributed by atoms with Crippen molar-refractivity contribution in [2.45, 2.75) is 38.5 Å². The van der Waals surface area contributed by atoms with Gasteiger partial charge in [-0.1, -0.05) is 352 Å². The van der Waals surface area contributed by atoms with E-state index in [1.807, 2.05) is 0 Å². The Bertz CT molecular complexity index is 4390. The molecule has 10 aromatic rings. The quantitative estimate of drug-likeness (QED) is 0.142. The van der Waals surface area contributed by atoms with Crippen molar-refractivity contribution >= 4 is 84.2 Å². The molecular formula is C91H72. The number of allylic oxidation sites excluding steroid dienone is 27. The van der Waals surface area contributed by atoms with E-state index in [2.05, 4.69) is 346 Å². The van der Waals surface area contributed by atoms with Gasteiger partial charge >= 0.3 is 0 Å². The molecule has 0 N–H and O–H groups in total. The molecule has 91 heavy (non-hydrogen) atoms. The summed E-state index contributed by atoms with van der Waals surface area (Å²) in [5.74, 6) is 1.78. The topological polar surface area (TPSA) is 0 Å². The van der Waals surface area contributed by atoms with Crippen LogP contribution < -0.4 is 0 Å². The van der Waals surface area contributed by atoms with Crippen LogP contribution in [0.2, 0.25) is 0 Å². The zero-order valence-electron chi connectivity index (χ0n) is 51.4. The van der Waals surface area contributed by atoms with E-state index in [1.165, 1.54) is 132 Å². The Hall–Kier alpha value is -10.7. The third kappa shape index (κ3) is 11.9. The summed E-state index contributed by atoms with van der Waals surface area (Å²) >= 11 is 0. The average Bonchev–Trinajstić information content (AvgIpc) is 2.22. The third-order valence-electron chi connectivity index (χ3n) is 19.1. The van der Waals surface area contributed by atoms with E-state index in [1.54, 1.807) is 5.57 Å². The SMILES string of the molecule is C1=CC2=CC=CC3=CC=CC(=C1)C23.C1=CC2C=CC=C3CC=CC(=C1)C32.C1=Cc2cccc3cccc(c23)C1.C1=Cc2cccc3cccc(c23)C1.C1=Cc2cccc3cccc(c23)C1.C1=Cc2cccc3cccc(c23)C1.C1=Cc2cccc3cccc(c23)C1. The lowest BCUT2D eigenvalue weighted by atomic mass is 9.71. The summed E-state index contributed by atoms with van der Waals surface area (Å²) in [7, 11) is 0. The molecular weight excluding hydrogens is 1090 g/mol. The maximum Gasteiger partial charge on any atom is 0.0339 e. The standard InChI is InChI=1S/C13H12.6C13H10/c7*1-4-10-6-2-8-12-9-3-7-11(5-1)13(10)12/h1-8,10,13H,9H2;5*1-8H,9H2;1-9,13H. The van der Waals surface area contributed by atoms with Crippen LogP contribution in [0.5, 0.6) is 0 Å². The molecule has 0 heterocycles. The molecule has 11 aliphatic rings. The van der Waals surface area contributed by atoms with Crippen molar-refractivity contribution in [2.75, 3.05) is 0 Å². The third-order valence-corrected chi connectivity index (χ3v) is 19.1.